The normalized spacial score (nSPS) is 16.1. The molecule has 0 saturated carbocycles. The summed E-state index contributed by atoms with van der Waals surface area (Å²) in [4.78, 5) is 12.1. The largest absolute Gasteiger partial charge is 0.497 e. The third kappa shape index (κ3) is 3.22. The lowest BCUT2D eigenvalue weighted by Crippen LogP contribution is -2.49. The summed E-state index contributed by atoms with van der Waals surface area (Å²) in [5.41, 5.74) is 0.916. The number of carbonyl (C=O) groups is 1. The van der Waals surface area contributed by atoms with Gasteiger partial charge in [0.15, 0.2) is 0 Å². The number of amides is 1. The second-order valence-corrected chi connectivity index (χ2v) is 5.10. The molecule has 1 aliphatic heterocycles. The summed E-state index contributed by atoms with van der Waals surface area (Å²) in [6.45, 7) is 4.28. The zero-order valence-corrected chi connectivity index (χ0v) is 12.2. The molecule has 0 spiro atoms. The molecule has 0 aliphatic carbocycles. The zero-order chi connectivity index (χ0) is 14.5. The quantitative estimate of drug-likeness (QED) is 0.820. The van der Waals surface area contributed by atoms with Gasteiger partial charge in [0.25, 0.3) is 0 Å². The van der Waals surface area contributed by atoms with Gasteiger partial charge in [-0.2, -0.15) is 0 Å². The van der Waals surface area contributed by atoms with Crippen LogP contribution in [0, 0.1) is 11.8 Å². The lowest BCUT2D eigenvalue weighted by Gasteiger charge is -2.31. The van der Waals surface area contributed by atoms with Crippen LogP contribution in [0.4, 0.5) is 0 Å². The van der Waals surface area contributed by atoms with Crippen molar-refractivity contribution in [2.24, 2.45) is 11.8 Å². The second kappa shape index (κ2) is 6.61. The Morgan fingerprint density at radius 3 is 2.70 bits per heavy atom. The van der Waals surface area contributed by atoms with Gasteiger partial charge in [-0.1, -0.05) is 6.92 Å². The number of hydrogen-bond acceptors (Lipinski definition) is 4. The van der Waals surface area contributed by atoms with Gasteiger partial charge in [-0.15, -0.1) is 0 Å². The van der Waals surface area contributed by atoms with E-state index in [4.69, 9.17) is 9.47 Å². The molecule has 1 aromatic rings. The van der Waals surface area contributed by atoms with Crippen LogP contribution in [-0.4, -0.2) is 33.2 Å². The monoisotopic (exact) mass is 278 g/mol. The number of rotatable bonds is 6. The van der Waals surface area contributed by atoms with E-state index in [9.17, 15) is 4.79 Å². The van der Waals surface area contributed by atoms with Crippen LogP contribution in [-0.2, 0) is 11.3 Å². The molecule has 2 N–H and O–H groups in total. The van der Waals surface area contributed by atoms with E-state index in [1.54, 1.807) is 14.2 Å². The first kappa shape index (κ1) is 14.7. The van der Waals surface area contributed by atoms with Crippen molar-refractivity contribution in [2.45, 2.75) is 13.5 Å². The van der Waals surface area contributed by atoms with Crippen LogP contribution in [0.25, 0.3) is 0 Å². The molecule has 1 heterocycles. The fourth-order valence-corrected chi connectivity index (χ4v) is 2.24. The summed E-state index contributed by atoms with van der Waals surface area (Å²) in [6.07, 6.45) is 0. The van der Waals surface area contributed by atoms with Crippen molar-refractivity contribution in [1.82, 2.24) is 10.6 Å². The van der Waals surface area contributed by atoms with Crippen LogP contribution in [0.3, 0.4) is 0 Å². The molecule has 0 bridgehead atoms. The molecule has 0 aromatic heterocycles. The highest BCUT2D eigenvalue weighted by molar-refractivity contribution is 5.78. The topological polar surface area (TPSA) is 59.6 Å². The van der Waals surface area contributed by atoms with Crippen LogP contribution in [0.5, 0.6) is 11.5 Å². The van der Waals surface area contributed by atoms with E-state index in [1.807, 2.05) is 25.1 Å². The highest BCUT2D eigenvalue weighted by Crippen LogP contribution is 2.24. The van der Waals surface area contributed by atoms with Crippen molar-refractivity contribution in [3.63, 3.8) is 0 Å². The summed E-state index contributed by atoms with van der Waals surface area (Å²) in [6, 6.07) is 5.57. The van der Waals surface area contributed by atoms with Gasteiger partial charge >= 0.3 is 0 Å². The number of hydrogen-bond donors (Lipinski definition) is 2. The van der Waals surface area contributed by atoms with Gasteiger partial charge in [-0.3, -0.25) is 4.79 Å². The van der Waals surface area contributed by atoms with Crippen LogP contribution >= 0.6 is 0 Å². The maximum absolute atomic E-state index is 12.1. The number of ether oxygens (including phenoxy) is 2. The van der Waals surface area contributed by atoms with Gasteiger partial charge < -0.3 is 20.1 Å². The predicted octanol–water partition coefficient (Wildman–Crippen LogP) is 1.18. The molecule has 0 radical (unpaired) electrons. The Morgan fingerprint density at radius 2 is 2.15 bits per heavy atom. The van der Waals surface area contributed by atoms with Crippen LogP contribution in [0.15, 0.2) is 18.2 Å². The van der Waals surface area contributed by atoms with Gasteiger partial charge in [0, 0.05) is 18.0 Å². The van der Waals surface area contributed by atoms with E-state index in [2.05, 4.69) is 10.6 Å². The van der Waals surface area contributed by atoms with E-state index in [1.165, 1.54) is 0 Å². The minimum Gasteiger partial charge on any atom is -0.497 e. The molecule has 1 aromatic carbocycles. The molecule has 20 heavy (non-hydrogen) atoms. The van der Waals surface area contributed by atoms with Crippen molar-refractivity contribution < 1.29 is 14.3 Å². The van der Waals surface area contributed by atoms with Crippen molar-refractivity contribution in [2.75, 3.05) is 27.3 Å². The Bertz CT molecular complexity index is 472. The Balaban J connectivity index is 1.96. The lowest BCUT2D eigenvalue weighted by atomic mass is 9.88. The molecule has 1 aliphatic rings. The third-order valence-electron chi connectivity index (χ3n) is 3.87. The van der Waals surface area contributed by atoms with E-state index < -0.39 is 0 Å². The average Bonchev–Trinajstić information content (AvgIpc) is 2.42. The van der Waals surface area contributed by atoms with E-state index >= 15 is 0 Å². The summed E-state index contributed by atoms with van der Waals surface area (Å²) in [5.74, 6) is 2.08. The average molecular weight is 278 g/mol. The summed E-state index contributed by atoms with van der Waals surface area (Å²) in [5, 5.41) is 6.16. The zero-order valence-electron chi connectivity index (χ0n) is 12.2. The standard InChI is InChI=1S/C15H22N2O3/c1-10(12-7-16-8-12)15(18)17-9-11-6-13(19-2)4-5-14(11)20-3/h4-6,10,12,16H,7-9H2,1-3H3,(H,17,18). The molecule has 1 unspecified atom stereocenters. The Morgan fingerprint density at radius 1 is 1.40 bits per heavy atom. The number of nitrogens with one attached hydrogen (secondary N) is 2. The second-order valence-electron chi connectivity index (χ2n) is 5.10. The molecule has 1 atom stereocenters. The smallest absolute Gasteiger partial charge is 0.223 e. The Labute approximate surface area is 119 Å². The third-order valence-corrected chi connectivity index (χ3v) is 3.87. The maximum atomic E-state index is 12.1. The first-order valence-electron chi connectivity index (χ1n) is 6.85. The SMILES string of the molecule is COc1ccc(OC)c(CNC(=O)C(C)C2CNC2)c1. The minimum absolute atomic E-state index is 0.0350. The van der Waals surface area contributed by atoms with Crippen molar-refractivity contribution in [3.05, 3.63) is 23.8 Å². The maximum Gasteiger partial charge on any atom is 0.223 e. The van der Waals surface area contributed by atoms with Crippen LogP contribution in [0.2, 0.25) is 0 Å². The Hall–Kier alpha value is -1.75. The molecule has 1 amide bonds. The molecule has 1 fully saturated rings. The van der Waals surface area contributed by atoms with E-state index in [-0.39, 0.29) is 11.8 Å². The van der Waals surface area contributed by atoms with Crippen LogP contribution < -0.4 is 20.1 Å². The number of methoxy groups -OCH3 is 2. The predicted molar refractivity (Wildman–Crippen MR) is 76.9 cm³/mol. The molecule has 5 nitrogen and oxygen atoms in total. The fourth-order valence-electron chi connectivity index (χ4n) is 2.24. The number of carbonyl (C=O) groups excluding carboxylic acids is 1. The fraction of sp³-hybridized carbons (Fsp3) is 0.533. The highest BCUT2D eigenvalue weighted by atomic mass is 16.5. The Kier molecular flexibility index (Phi) is 4.84. The molecule has 2 rings (SSSR count). The van der Waals surface area contributed by atoms with E-state index in [0.717, 1.165) is 30.2 Å². The molecule has 5 heteroatoms. The van der Waals surface area contributed by atoms with Crippen molar-refractivity contribution >= 4 is 5.91 Å². The van der Waals surface area contributed by atoms with Gasteiger partial charge in [0.1, 0.15) is 11.5 Å². The van der Waals surface area contributed by atoms with Gasteiger partial charge in [0.2, 0.25) is 5.91 Å². The van der Waals surface area contributed by atoms with Crippen molar-refractivity contribution in [3.8, 4) is 11.5 Å². The van der Waals surface area contributed by atoms with Gasteiger partial charge in [-0.05, 0) is 37.2 Å². The molecular formula is C15H22N2O3. The van der Waals surface area contributed by atoms with Gasteiger partial charge in [0.05, 0.1) is 14.2 Å². The van der Waals surface area contributed by atoms with Crippen LogP contribution in [0.1, 0.15) is 12.5 Å². The number of benzene rings is 1. The van der Waals surface area contributed by atoms with E-state index in [0.29, 0.717) is 12.5 Å². The van der Waals surface area contributed by atoms with Crippen molar-refractivity contribution in [1.29, 1.82) is 0 Å². The lowest BCUT2D eigenvalue weighted by molar-refractivity contribution is -0.126. The minimum atomic E-state index is 0.0350. The molecule has 1 saturated heterocycles. The van der Waals surface area contributed by atoms with Gasteiger partial charge in [-0.25, -0.2) is 0 Å². The first-order chi connectivity index (χ1) is 9.65. The summed E-state index contributed by atoms with van der Waals surface area (Å²) < 4.78 is 10.5. The molecule has 110 valence electrons. The summed E-state index contributed by atoms with van der Waals surface area (Å²) >= 11 is 0. The summed E-state index contributed by atoms with van der Waals surface area (Å²) in [7, 11) is 3.24. The first-order valence-corrected chi connectivity index (χ1v) is 6.85. The highest BCUT2D eigenvalue weighted by Gasteiger charge is 2.28. The molecular weight excluding hydrogens is 256 g/mol.